The van der Waals surface area contributed by atoms with Crippen molar-refractivity contribution in [1.29, 1.82) is 0 Å². The first-order valence-corrected chi connectivity index (χ1v) is 10.2. The maximum atomic E-state index is 4.34. The maximum Gasteiger partial charge on any atom is 0.0340 e. The van der Waals surface area contributed by atoms with E-state index in [0.717, 1.165) is 23.7 Å². The second-order valence-corrected chi connectivity index (χ2v) is 6.84. The van der Waals surface area contributed by atoms with Crippen LogP contribution in [0.1, 0.15) is 84.8 Å². The fourth-order valence-electron chi connectivity index (χ4n) is 2.89. The molecule has 142 valence electrons. The lowest BCUT2D eigenvalue weighted by atomic mass is 9.87. The lowest BCUT2D eigenvalue weighted by molar-refractivity contribution is 0.434. The van der Waals surface area contributed by atoms with Gasteiger partial charge in [0, 0.05) is 12.2 Å². The summed E-state index contributed by atoms with van der Waals surface area (Å²) in [5.74, 6) is 1.37. The standard InChI is InChI=1S/C22H35N.C2H6/c1-7-9-10-17(3)11-12-18(4)19(5)21-13-15-22(16-14-21)20(6)23-8-2;1-2/h13-18,23H,5-12H2,1-4H3;1-2H3. The van der Waals surface area contributed by atoms with Crippen molar-refractivity contribution in [2.75, 3.05) is 6.54 Å². The summed E-state index contributed by atoms with van der Waals surface area (Å²) in [6.07, 6.45) is 6.55. The number of allylic oxidation sites excluding steroid dienone is 1. The zero-order valence-electron chi connectivity index (χ0n) is 17.6. The van der Waals surface area contributed by atoms with Gasteiger partial charge in [-0.15, -0.1) is 0 Å². The van der Waals surface area contributed by atoms with Crippen molar-refractivity contribution in [3.8, 4) is 0 Å². The van der Waals surface area contributed by atoms with E-state index >= 15 is 0 Å². The third-order valence-corrected chi connectivity index (χ3v) is 4.73. The van der Waals surface area contributed by atoms with Gasteiger partial charge < -0.3 is 5.32 Å². The van der Waals surface area contributed by atoms with Gasteiger partial charge in [0.15, 0.2) is 0 Å². The average molecular weight is 344 g/mol. The van der Waals surface area contributed by atoms with Crippen molar-refractivity contribution in [1.82, 2.24) is 5.32 Å². The first-order chi connectivity index (χ1) is 12.0. The predicted octanol–water partition coefficient (Wildman–Crippen LogP) is 7.55. The molecule has 2 unspecified atom stereocenters. The maximum absolute atomic E-state index is 4.34. The van der Waals surface area contributed by atoms with E-state index in [9.17, 15) is 0 Å². The van der Waals surface area contributed by atoms with Crippen LogP contribution < -0.4 is 5.32 Å². The Morgan fingerprint density at radius 1 is 0.920 bits per heavy atom. The number of benzene rings is 1. The minimum atomic E-state index is 0.543. The summed E-state index contributed by atoms with van der Waals surface area (Å²) in [6, 6.07) is 8.64. The summed E-state index contributed by atoms with van der Waals surface area (Å²) in [6.45, 7) is 22.3. The first-order valence-electron chi connectivity index (χ1n) is 10.2. The Bertz CT molecular complexity index is 483. The van der Waals surface area contributed by atoms with Gasteiger partial charge in [-0.05, 0) is 41.9 Å². The molecule has 0 aliphatic rings. The molecule has 0 bridgehead atoms. The van der Waals surface area contributed by atoms with Crippen LogP contribution in [0.2, 0.25) is 0 Å². The van der Waals surface area contributed by atoms with E-state index in [-0.39, 0.29) is 0 Å². The zero-order chi connectivity index (χ0) is 19.2. The lowest BCUT2D eigenvalue weighted by Crippen LogP contribution is -2.09. The van der Waals surface area contributed by atoms with Gasteiger partial charge in [0.1, 0.15) is 0 Å². The molecule has 2 atom stereocenters. The molecular weight excluding hydrogens is 302 g/mol. The molecule has 1 heteroatoms. The van der Waals surface area contributed by atoms with Gasteiger partial charge in [0.2, 0.25) is 0 Å². The van der Waals surface area contributed by atoms with Crippen molar-refractivity contribution in [2.45, 2.75) is 73.6 Å². The van der Waals surface area contributed by atoms with Crippen molar-refractivity contribution < 1.29 is 0 Å². The molecule has 0 aliphatic carbocycles. The lowest BCUT2D eigenvalue weighted by Gasteiger charge is -2.18. The summed E-state index contributed by atoms with van der Waals surface area (Å²) >= 11 is 0. The molecule has 1 aromatic carbocycles. The molecule has 0 saturated carbocycles. The topological polar surface area (TPSA) is 12.0 Å². The van der Waals surface area contributed by atoms with Crippen molar-refractivity contribution in [2.24, 2.45) is 11.8 Å². The Kier molecular flexibility index (Phi) is 12.9. The fraction of sp³-hybridized carbons (Fsp3) is 0.583. The normalized spacial score (nSPS) is 12.6. The third kappa shape index (κ3) is 8.95. The molecule has 0 amide bonds. The van der Waals surface area contributed by atoms with E-state index in [2.05, 4.69) is 70.4 Å². The number of hydrogen-bond donors (Lipinski definition) is 1. The highest BCUT2D eigenvalue weighted by Gasteiger charge is 2.11. The molecule has 25 heavy (non-hydrogen) atoms. The van der Waals surface area contributed by atoms with Crippen molar-refractivity contribution >= 4 is 11.3 Å². The Labute approximate surface area is 157 Å². The van der Waals surface area contributed by atoms with Gasteiger partial charge in [-0.2, -0.15) is 0 Å². The number of rotatable bonds is 11. The smallest absolute Gasteiger partial charge is 0.0340 e. The second-order valence-electron chi connectivity index (χ2n) is 6.84. The molecule has 0 spiro atoms. The Morgan fingerprint density at radius 2 is 1.48 bits per heavy atom. The van der Waals surface area contributed by atoms with E-state index in [1.54, 1.807) is 0 Å². The molecule has 0 aromatic heterocycles. The molecule has 1 aromatic rings. The van der Waals surface area contributed by atoms with Gasteiger partial charge in [0.25, 0.3) is 0 Å². The largest absolute Gasteiger partial charge is 0.385 e. The van der Waals surface area contributed by atoms with Gasteiger partial charge in [-0.25, -0.2) is 0 Å². The molecule has 0 saturated heterocycles. The Morgan fingerprint density at radius 3 is 2.00 bits per heavy atom. The van der Waals surface area contributed by atoms with Crippen LogP contribution in [0, 0.1) is 11.8 Å². The molecule has 0 heterocycles. The van der Waals surface area contributed by atoms with Crippen molar-refractivity contribution in [3.05, 3.63) is 48.6 Å². The van der Waals surface area contributed by atoms with Crippen LogP contribution in [0.15, 0.2) is 37.4 Å². The predicted molar refractivity (Wildman–Crippen MR) is 117 cm³/mol. The molecule has 1 rings (SSSR count). The van der Waals surface area contributed by atoms with Gasteiger partial charge >= 0.3 is 0 Å². The van der Waals surface area contributed by atoms with E-state index in [1.807, 2.05) is 13.8 Å². The van der Waals surface area contributed by atoms with Gasteiger partial charge in [-0.3, -0.25) is 0 Å². The third-order valence-electron chi connectivity index (χ3n) is 4.73. The number of hydrogen-bond acceptors (Lipinski definition) is 1. The number of nitrogens with one attached hydrogen (secondary N) is 1. The first kappa shape index (κ1) is 23.5. The molecule has 0 aliphatic heterocycles. The molecular formula is C24H41N. The van der Waals surface area contributed by atoms with Gasteiger partial charge in [-0.1, -0.05) is 97.7 Å². The second kappa shape index (κ2) is 13.8. The van der Waals surface area contributed by atoms with Crippen LogP contribution in [0.5, 0.6) is 0 Å². The summed E-state index contributed by atoms with van der Waals surface area (Å²) in [5.41, 5.74) is 4.66. The summed E-state index contributed by atoms with van der Waals surface area (Å²) in [7, 11) is 0. The van der Waals surface area contributed by atoms with Crippen LogP contribution in [-0.2, 0) is 0 Å². The van der Waals surface area contributed by atoms with Crippen LogP contribution in [-0.4, -0.2) is 6.54 Å². The number of unbranched alkanes of at least 4 members (excludes halogenated alkanes) is 1. The summed E-state index contributed by atoms with van der Waals surface area (Å²) in [5, 5.41) is 3.27. The zero-order valence-corrected chi connectivity index (χ0v) is 17.6. The molecule has 0 radical (unpaired) electrons. The quantitative estimate of drug-likeness (QED) is 0.437. The van der Waals surface area contributed by atoms with Gasteiger partial charge in [0.05, 0.1) is 0 Å². The summed E-state index contributed by atoms with van der Waals surface area (Å²) < 4.78 is 0. The monoisotopic (exact) mass is 343 g/mol. The summed E-state index contributed by atoms with van der Waals surface area (Å²) in [4.78, 5) is 0. The van der Waals surface area contributed by atoms with E-state index < -0.39 is 0 Å². The van der Waals surface area contributed by atoms with E-state index in [4.69, 9.17) is 0 Å². The highest BCUT2D eigenvalue weighted by Crippen LogP contribution is 2.28. The minimum Gasteiger partial charge on any atom is -0.385 e. The average Bonchev–Trinajstić information content (AvgIpc) is 2.65. The SMILES string of the molecule is C=C(NCC)c1ccc(C(=C)C(C)CCC(C)CCCC)cc1.CC. The Balaban J connectivity index is 0.00000277. The van der Waals surface area contributed by atoms with Crippen molar-refractivity contribution in [3.63, 3.8) is 0 Å². The molecule has 0 fully saturated rings. The Hall–Kier alpha value is -1.50. The highest BCUT2D eigenvalue weighted by molar-refractivity contribution is 5.68. The van der Waals surface area contributed by atoms with Crippen LogP contribution in [0.25, 0.3) is 11.3 Å². The van der Waals surface area contributed by atoms with E-state index in [0.29, 0.717) is 5.92 Å². The highest BCUT2D eigenvalue weighted by atomic mass is 14.9. The van der Waals surface area contributed by atoms with Crippen LogP contribution in [0.3, 0.4) is 0 Å². The van der Waals surface area contributed by atoms with Crippen LogP contribution in [0.4, 0.5) is 0 Å². The molecule has 1 nitrogen and oxygen atoms in total. The fourth-order valence-corrected chi connectivity index (χ4v) is 2.89. The minimum absolute atomic E-state index is 0.543. The molecule has 1 N–H and O–H groups in total. The van der Waals surface area contributed by atoms with E-state index in [1.165, 1.54) is 43.2 Å². The van der Waals surface area contributed by atoms with Crippen LogP contribution >= 0.6 is 0 Å².